The Morgan fingerprint density at radius 3 is 3.00 bits per heavy atom. The first-order valence-corrected chi connectivity index (χ1v) is 5.69. The van der Waals surface area contributed by atoms with Crippen molar-refractivity contribution in [2.75, 3.05) is 5.73 Å². The van der Waals surface area contributed by atoms with Crippen molar-refractivity contribution in [2.24, 2.45) is 11.7 Å². The monoisotopic (exact) mass is 205 g/mol. The van der Waals surface area contributed by atoms with Crippen LogP contribution in [0.15, 0.2) is 18.5 Å². The number of nitrogens with two attached hydrogens (primary N) is 2. The van der Waals surface area contributed by atoms with E-state index < -0.39 is 0 Å². The molecule has 0 aliphatic heterocycles. The summed E-state index contributed by atoms with van der Waals surface area (Å²) in [4.78, 5) is 4.12. The lowest BCUT2D eigenvalue weighted by atomic mass is 9.82. The average molecular weight is 205 g/mol. The van der Waals surface area contributed by atoms with Gasteiger partial charge in [-0.1, -0.05) is 12.8 Å². The van der Waals surface area contributed by atoms with Gasteiger partial charge in [-0.05, 0) is 36.8 Å². The van der Waals surface area contributed by atoms with E-state index in [0.717, 1.165) is 18.5 Å². The Hall–Kier alpha value is -1.09. The quantitative estimate of drug-likeness (QED) is 0.772. The molecule has 3 nitrogen and oxygen atoms in total. The number of rotatable bonds is 2. The van der Waals surface area contributed by atoms with Gasteiger partial charge in [-0.3, -0.25) is 4.98 Å². The lowest BCUT2D eigenvalue weighted by Crippen LogP contribution is -2.28. The van der Waals surface area contributed by atoms with Gasteiger partial charge in [-0.15, -0.1) is 0 Å². The molecule has 82 valence electrons. The van der Waals surface area contributed by atoms with Crippen LogP contribution in [0.2, 0.25) is 0 Å². The number of aromatic nitrogens is 1. The van der Waals surface area contributed by atoms with E-state index in [4.69, 9.17) is 11.5 Å². The molecule has 1 fully saturated rings. The van der Waals surface area contributed by atoms with Gasteiger partial charge < -0.3 is 11.5 Å². The first kappa shape index (κ1) is 10.4. The van der Waals surface area contributed by atoms with E-state index in [9.17, 15) is 0 Å². The molecule has 0 bridgehead atoms. The molecule has 0 amide bonds. The number of pyridine rings is 1. The van der Waals surface area contributed by atoms with Gasteiger partial charge in [0.05, 0.1) is 0 Å². The summed E-state index contributed by atoms with van der Waals surface area (Å²) in [7, 11) is 0. The van der Waals surface area contributed by atoms with Crippen LogP contribution in [-0.2, 0) is 6.42 Å². The molecule has 0 saturated heterocycles. The van der Waals surface area contributed by atoms with E-state index in [1.807, 2.05) is 12.3 Å². The molecule has 1 aliphatic rings. The standard InChI is InChI=1S/C12H19N3/c13-11-3-1-2-9(7-11)6-10-8-15-5-4-12(10)14/h4-5,8-9,11H,1-3,6-7,13H2,(H2,14,15). The van der Waals surface area contributed by atoms with Gasteiger partial charge in [0.1, 0.15) is 0 Å². The van der Waals surface area contributed by atoms with Gasteiger partial charge in [0.2, 0.25) is 0 Å². The van der Waals surface area contributed by atoms with Crippen LogP contribution in [0, 0.1) is 5.92 Å². The maximum atomic E-state index is 5.97. The summed E-state index contributed by atoms with van der Waals surface area (Å²) < 4.78 is 0. The molecule has 4 N–H and O–H groups in total. The third-order valence-corrected chi connectivity index (χ3v) is 3.27. The molecule has 2 atom stereocenters. The van der Waals surface area contributed by atoms with Crippen LogP contribution < -0.4 is 11.5 Å². The smallest absolute Gasteiger partial charge is 0.0377 e. The molecule has 2 rings (SSSR count). The van der Waals surface area contributed by atoms with Gasteiger partial charge in [0.15, 0.2) is 0 Å². The fraction of sp³-hybridized carbons (Fsp3) is 0.583. The number of hydrogen-bond acceptors (Lipinski definition) is 3. The normalized spacial score (nSPS) is 26.5. The molecule has 2 unspecified atom stereocenters. The summed E-state index contributed by atoms with van der Waals surface area (Å²) in [5, 5.41) is 0. The summed E-state index contributed by atoms with van der Waals surface area (Å²) in [6, 6.07) is 2.26. The Morgan fingerprint density at radius 1 is 1.40 bits per heavy atom. The first-order chi connectivity index (χ1) is 7.25. The lowest BCUT2D eigenvalue weighted by molar-refractivity contribution is 0.321. The number of anilines is 1. The number of hydrogen-bond donors (Lipinski definition) is 2. The van der Waals surface area contributed by atoms with Crippen molar-refractivity contribution in [3.63, 3.8) is 0 Å². The fourth-order valence-electron chi connectivity index (χ4n) is 2.44. The summed E-state index contributed by atoms with van der Waals surface area (Å²) in [5.41, 5.74) is 13.9. The van der Waals surface area contributed by atoms with Crippen molar-refractivity contribution >= 4 is 5.69 Å². The second-order valence-electron chi connectivity index (χ2n) is 4.57. The van der Waals surface area contributed by atoms with Crippen molar-refractivity contribution in [3.05, 3.63) is 24.0 Å². The van der Waals surface area contributed by atoms with Crippen molar-refractivity contribution in [1.82, 2.24) is 4.98 Å². The first-order valence-electron chi connectivity index (χ1n) is 5.69. The van der Waals surface area contributed by atoms with Gasteiger partial charge in [0.25, 0.3) is 0 Å². The van der Waals surface area contributed by atoms with Crippen molar-refractivity contribution in [1.29, 1.82) is 0 Å². The summed E-state index contributed by atoms with van der Waals surface area (Å²) in [5.74, 6) is 0.695. The highest BCUT2D eigenvalue weighted by molar-refractivity contribution is 5.44. The van der Waals surface area contributed by atoms with Crippen LogP contribution in [0.5, 0.6) is 0 Å². The molecule has 0 aromatic carbocycles. The Balaban J connectivity index is 1.99. The highest BCUT2D eigenvalue weighted by atomic mass is 14.7. The zero-order valence-corrected chi connectivity index (χ0v) is 9.02. The minimum atomic E-state index is 0.390. The SMILES string of the molecule is Nc1ccncc1CC1CCCC(N)C1. The maximum absolute atomic E-state index is 5.97. The average Bonchev–Trinajstić information content (AvgIpc) is 2.22. The largest absolute Gasteiger partial charge is 0.398 e. The zero-order valence-electron chi connectivity index (χ0n) is 9.02. The van der Waals surface area contributed by atoms with Crippen LogP contribution in [0.25, 0.3) is 0 Å². The molecular formula is C12H19N3. The second kappa shape index (κ2) is 4.62. The number of nitrogens with zero attached hydrogens (tertiary/aromatic N) is 1. The van der Waals surface area contributed by atoms with E-state index in [2.05, 4.69) is 4.98 Å². The van der Waals surface area contributed by atoms with Gasteiger partial charge in [0, 0.05) is 24.1 Å². The van der Waals surface area contributed by atoms with Crippen LogP contribution in [0.1, 0.15) is 31.2 Å². The van der Waals surface area contributed by atoms with Gasteiger partial charge >= 0.3 is 0 Å². The highest BCUT2D eigenvalue weighted by Crippen LogP contribution is 2.27. The number of nitrogen functional groups attached to an aromatic ring is 1. The summed E-state index contributed by atoms with van der Waals surface area (Å²) >= 11 is 0. The summed E-state index contributed by atoms with van der Waals surface area (Å²) in [6.45, 7) is 0. The highest BCUT2D eigenvalue weighted by Gasteiger charge is 2.19. The van der Waals surface area contributed by atoms with E-state index >= 15 is 0 Å². The summed E-state index contributed by atoms with van der Waals surface area (Å²) in [6.07, 6.45) is 9.51. The molecule has 1 aliphatic carbocycles. The topological polar surface area (TPSA) is 64.9 Å². The van der Waals surface area contributed by atoms with E-state index in [-0.39, 0.29) is 0 Å². The fourth-order valence-corrected chi connectivity index (χ4v) is 2.44. The van der Waals surface area contributed by atoms with E-state index in [1.54, 1.807) is 6.20 Å². The van der Waals surface area contributed by atoms with Crippen molar-refractivity contribution < 1.29 is 0 Å². The Labute approximate surface area is 90.9 Å². The predicted molar refractivity (Wildman–Crippen MR) is 62.3 cm³/mol. The minimum absolute atomic E-state index is 0.390. The zero-order chi connectivity index (χ0) is 10.7. The predicted octanol–water partition coefficient (Wildman–Crippen LogP) is 1.72. The van der Waals surface area contributed by atoms with E-state index in [1.165, 1.54) is 24.8 Å². The molecule has 15 heavy (non-hydrogen) atoms. The van der Waals surface area contributed by atoms with Crippen LogP contribution >= 0.6 is 0 Å². The molecule has 1 heterocycles. The molecule has 0 radical (unpaired) electrons. The van der Waals surface area contributed by atoms with Crippen molar-refractivity contribution in [3.8, 4) is 0 Å². The van der Waals surface area contributed by atoms with Gasteiger partial charge in [-0.25, -0.2) is 0 Å². The Bertz CT molecular complexity index is 324. The van der Waals surface area contributed by atoms with Gasteiger partial charge in [-0.2, -0.15) is 0 Å². The molecule has 1 aromatic rings. The lowest BCUT2D eigenvalue weighted by Gasteiger charge is -2.26. The maximum Gasteiger partial charge on any atom is 0.0377 e. The molecule has 3 heteroatoms. The minimum Gasteiger partial charge on any atom is -0.398 e. The van der Waals surface area contributed by atoms with Crippen LogP contribution in [0.3, 0.4) is 0 Å². The Morgan fingerprint density at radius 2 is 2.27 bits per heavy atom. The van der Waals surface area contributed by atoms with Crippen LogP contribution in [-0.4, -0.2) is 11.0 Å². The molecular weight excluding hydrogens is 186 g/mol. The Kier molecular flexibility index (Phi) is 3.21. The third kappa shape index (κ3) is 2.69. The van der Waals surface area contributed by atoms with Crippen LogP contribution in [0.4, 0.5) is 5.69 Å². The van der Waals surface area contributed by atoms with E-state index in [0.29, 0.717) is 12.0 Å². The molecule has 0 spiro atoms. The molecule has 1 aromatic heterocycles. The molecule has 1 saturated carbocycles. The third-order valence-electron chi connectivity index (χ3n) is 3.27. The van der Waals surface area contributed by atoms with Crippen molar-refractivity contribution in [2.45, 2.75) is 38.1 Å². The second-order valence-corrected chi connectivity index (χ2v) is 4.57.